The molecule has 0 unspecified atom stereocenters. The molecule has 1 saturated heterocycles. The van der Waals surface area contributed by atoms with Gasteiger partial charge in [0.25, 0.3) is 5.91 Å². The molecule has 2 amide bonds. The monoisotopic (exact) mass is 356 g/mol. The molecule has 0 spiro atoms. The first-order chi connectivity index (χ1) is 12.0. The summed E-state index contributed by atoms with van der Waals surface area (Å²) in [7, 11) is 1.77. The number of carbonyl (C=O) groups excluding carboxylic acids is 2. The van der Waals surface area contributed by atoms with E-state index in [0.29, 0.717) is 30.1 Å². The molecule has 0 aromatic heterocycles. The lowest BCUT2D eigenvalue weighted by molar-refractivity contribution is -0.128. The summed E-state index contributed by atoms with van der Waals surface area (Å²) in [5, 5.41) is 0.656. The summed E-state index contributed by atoms with van der Waals surface area (Å²) in [6, 6.07) is 15.0. The second-order valence-electron chi connectivity index (χ2n) is 6.37. The highest BCUT2D eigenvalue weighted by molar-refractivity contribution is 6.31. The largest absolute Gasteiger partial charge is 0.338 e. The molecule has 5 heteroatoms. The van der Waals surface area contributed by atoms with Crippen LogP contribution in [0.4, 0.5) is 0 Å². The first kappa shape index (κ1) is 17.5. The molecule has 0 aliphatic carbocycles. The third kappa shape index (κ3) is 4.20. The van der Waals surface area contributed by atoms with E-state index in [1.165, 1.54) is 0 Å². The third-order valence-corrected chi connectivity index (χ3v) is 4.80. The lowest BCUT2D eigenvalue weighted by Gasteiger charge is -2.19. The zero-order valence-corrected chi connectivity index (χ0v) is 15.0. The van der Waals surface area contributed by atoms with Gasteiger partial charge in [-0.25, -0.2) is 0 Å². The number of hydrogen-bond donors (Lipinski definition) is 0. The minimum Gasteiger partial charge on any atom is -0.338 e. The molecule has 0 N–H and O–H groups in total. The Bertz CT molecular complexity index is 791. The van der Waals surface area contributed by atoms with Crippen molar-refractivity contribution in [2.75, 3.05) is 13.6 Å². The van der Waals surface area contributed by atoms with E-state index in [1.807, 2.05) is 47.4 Å². The van der Waals surface area contributed by atoms with Crippen LogP contribution < -0.4 is 0 Å². The average Bonchev–Trinajstić information content (AvgIpc) is 3.01. The Kier molecular flexibility index (Phi) is 5.39. The van der Waals surface area contributed by atoms with Gasteiger partial charge in [-0.15, -0.1) is 0 Å². The first-order valence-electron chi connectivity index (χ1n) is 8.40. The van der Waals surface area contributed by atoms with Gasteiger partial charge < -0.3 is 9.80 Å². The second kappa shape index (κ2) is 7.70. The summed E-state index contributed by atoms with van der Waals surface area (Å²) in [6.07, 6.45) is 1.54. The Morgan fingerprint density at radius 3 is 2.72 bits per heavy atom. The summed E-state index contributed by atoms with van der Waals surface area (Å²) in [5.74, 6) is 0.127. The molecule has 1 aliphatic heterocycles. The van der Waals surface area contributed by atoms with Crippen LogP contribution in [0.1, 0.15) is 34.3 Å². The smallest absolute Gasteiger partial charge is 0.253 e. The fourth-order valence-corrected chi connectivity index (χ4v) is 3.26. The van der Waals surface area contributed by atoms with Gasteiger partial charge in [-0.3, -0.25) is 9.59 Å². The van der Waals surface area contributed by atoms with E-state index in [1.54, 1.807) is 18.0 Å². The van der Waals surface area contributed by atoms with E-state index in [2.05, 4.69) is 0 Å². The van der Waals surface area contributed by atoms with E-state index in [4.69, 9.17) is 11.6 Å². The van der Waals surface area contributed by atoms with E-state index in [-0.39, 0.29) is 11.8 Å². The topological polar surface area (TPSA) is 40.6 Å². The number of rotatable bonds is 5. The van der Waals surface area contributed by atoms with Crippen molar-refractivity contribution in [3.63, 3.8) is 0 Å². The van der Waals surface area contributed by atoms with Crippen molar-refractivity contribution in [1.82, 2.24) is 9.80 Å². The molecule has 0 atom stereocenters. The van der Waals surface area contributed by atoms with Crippen LogP contribution in [0.5, 0.6) is 0 Å². The standard InChI is InChI=1S/C20H21ClN2O2/c1-22(14-17-7-2-3-9-18(17)21)20(25)16-8-4-6-15(12-16)13-23-11-5-10-19(23)24/h2-4,6-9,12H,5,10-11,13-14H2,1H3. The third-order valence-electron chi connectivity index (χ3n) is 4.43. The van der Waals surface area contributed by atoms with E-state index in [0.717, 1.165) is 24.1 Å². The van der Waals surface area contributed by atoms with E-state index >= 15 is 0 Å². The van der Waals surface area contributed by atoms with Crippen molar-refractivity contribution >= 4 is 23.4 Å². The van der Waals surface area contributed by atoms with Crippen LogP contribution in [-0.2, 0) is 17.9 Å². The normalized spacial score (nSPS) is 14.0. The number of amides is 2. The van der Waals surface area contributed by atoms with Crippen LogP contribution in [0.2, 0.25) is 5.02 Å². The maximum atomic E-state index is 12.7. The minimum atomic E-state index is -0.0606. The quantitative estimate of drug-likeness (QED) is 0.819. The Morgan fingerprint density at radius 2 is 2.00 bits per heavy atom. The summed E-state index contributed by atoms with van der Waals surface area (Å²) in [5.41, 5.74) is 2.52. The molecule has 0 radical (unpaired) electrons. The maximum absolute atomic E-state index is 12.7. The van der Waals surface area contributed by atoms with Gasteiger partial charge in [-0.2, -0.15) is 0 Å². The molecule has 3 rings (SSSR count). The van der Waals surface area contributed by atoms with Crippen LogP contribution in [0.25, 0.3) is 0 Å². The average molecular weight is 357 g/mol. The Hall–Kier alpha value is -2.33. The molecule has 1 heterocycles. The fourth-order valence-electron chi connectivity index (χ4n) is 3.07. The minimum absolute atomic E-state index is 0.0606. The van der Waals surface area contributed by atoms with Gasteiger partial charge in [-0.05, 0) is 35.7 Å². The number of likely N-dealkylation sites (tertiary alicyclic amines) is 1. The van der Waals surface area contributed by atoms with Gasteiger partial charge in [0, 0.05) is 43.7 Å². The van der Waals surface area contributed by atoms with Gasteiger partial charge >= 0.3 is 0 Å². The predicted molar refractivity (Wildman–Crippen MR) is 98.3 cm³/mol. The molecule has 1 aliphatic rings. The summed E-state index contributed by atoms with van der Waals surface area (Å²) >= 11 is 6.18. The van der Waals surface area contributed by atoms with E-state index < -0.39 is 0 Å². The number of hydrogen-bond acceptors (Lipinski definition) is 2. The van der Waals surface area contributed by atoms with Crippen molar-refractivity contribution in [2.45, 2.75) is 25.9 Å². The molecule has 0 bridgehead atoms. The van der Waals surface area contributed by atoms with Crippen LogP contribution >= 0.6 is 11.6 Å². The van der Waals surface area contributed by atoms with Gasteiger partial charge in [0.2, 0.25) is 5.91 Å². The molecule has 2 aromatic rings. The Balaban J connectivity index is 1.70. The van der Waals surface area contributed by atoms with Gasteiger partial charge in [0.05, 0.1) is 0 Å². The fraction of sp³-hybridized carbons (Fsp3) is 0.300. The molecule has 130 valence electrons. The molecule has 25 heavy (non-hydrogen) atoms. The van der Waals surface area contributed by atoms with Crippen LogP contribution in [0.15, 0.2) is 48.5 Å². The molecule has 2 aromatic carbocycles. The number of benzene rings is 2. The lowest BCUT2D eigenvalue weighted by atomic mass is 10.1. The van der Waals surface area contributed by atoms with Crippen molar-refractivity contribution < 1.29 is 9.59 Å². The zero-order chi connectivity index (χ0) is 17.8. The second-order valence-corrected chi connectivity index (χ2v) is 6.78. The first-order valence-corrected chi connectivity index (χ1v) is 8.78. The Labute approximate surface area is 153 Å². The predicted octanol–water partition coefficient (Wildman–Crippen LogP) is 3.73. The van der Waals surface area contributed by atoms with Crippen LogP contribution in [0, 0.1) is 0 Å². The number of halogens is 1. The van der Waals surface area contributed by atoms with E-state index in [9.17, 15) is 9.59 Å². The molecule has 1 fully saturated rings. The van der Waals surface area contributed by atoms with Gasteiger partial charge in [-0.1, -0.05) is 41.9 Å². The van der Waals surface area contributed by atoms with Crippen molar-refractivity contribution in [3.8, 4) is 0 Å². The highest BCUT2D eigenvalue weighted by Gasteiger charge is 2.20. The lowest BCUT2D eigenvalue weighted by Crippen LogP contribution is -2.27. The summed E-state index contributed by atoms with van der Waals surface area (Å²) in [4.78, 5) is 28.0. The van der Waals surface area contributed by atoms with Crippen molar-refractivity contribution in [3.05, 3.63) is 70.2 Å². The Morgan fingerprint density at radius 1 is 1.20 bits per heavy atom. The summed E-state index contributed by atoms with van der Waals surface area (Å²) < 4.78 is 0. The van der Waals surface area contributed by atoms with Crippen LogP contribution in [0.3, 0.4) is 0 Å². The number of carbonyl (C=O) groups is 2. The highest BCUT2D eigenvalue weighted by Crippen LogP contribution is 2.19. The molecule has 4 nitrogen and oxygen atoms in total. The SMILES string of the molecule is CN(Cc1ccccc1Cl)C(=O)c1cccc(CN2CCCC2=O)c1. The van der Waals surface area contributed by atoms with Crippen molar-refractivity contribution in [1.29, 1.82) is 0 Å². The maximum Gasteiger partial charge on any atom is 0.253 e. The highest BCUT2D eigenvalue weighted by atomic mass is 35.5. The molecule has 0 saturated carbocycles. The molecular weight excluding hydrogens is 336 g/mol. The zero-order valence-electron chi connectivity index (χ0n) is 14.2. The van der Waals surface area contributed by atoms with Crippen molar-refractivity contribution in [2.24, 2.45) is 0 Å². The summed E-state index contributed by atoms with van der Waals surface area (Å²) in [6.45, 7) is 1.81. The van der Waals surface area contributed by atoms with Crippen LogP contribution in [-0.4, -0.2) is 35.2 Å². The van der Waals surface area contributed by atoms with Gasteiger partial charge in [0.1, 0.15) is 0 Å². The molecular formula is C20H21ClN2O2. The van der Waals surface area contributed by atoms with Gasteiger partial charge in [0.15, 0.2) is 0 Å². The number of nitrogens with zero attached hydrogens (tertiary/aromatic N) is 2.